The molecule has 1 aromatic heterocycles. The molecule has 0 spiro atoms. The molecule has 4 aromatic rings. The molecular formula is C25H16N2O2. The third kappa shape index (κ3) is 2.11. The number of aromatic nitrogens is 2. The number of benzene rings is 3. The first-order valence-corrected chi connectivity index (χ1v) is 9.57. The lowest BCUT2D eigenvalue weighted by molar-refractivity contribution is -0.143. The Balaban J connectivity index is 1.68. The van der Waals surface area contributed by atoms with Crippen LogP contribution in [0.3, 0.4) is 0 Å². The van der Waals surface area contributed by atoms with E-state index in [4.69, 9.17) is 0 Å². The summed E-state index contributed by atoms with van der Waals surface area (Å²) in [5.74, 6) is -0.805. The first kappa shape index (κ1) is 16.2. The van der Waals surface area contributed by atoms with Gasteiger partial charge < -0.3 is 5.11 Å². The molecule has 29 heavy (non-hydrogen) atoms. The molecule has 6 rings (SSSR count). The lowest BCUT2D eigenvalue weighted by Gasteiger charge is -2.34. The van der Waals surface area contributed by atoms with Crippen molar-refractivity contribution in [1.29, 1.82) is 0 Å². The van der Waals surface area contributed by atoms with Crippen LogP contribution in [0.2, 0.25) is 0 Å². The Labute approximate surface area is 166 Å². The number of carbonyl (C=O) groups is 1. The number of carboxylic acids is 1. The number of allylic oxidation sites excluding steroid dienone is 3. The SMILES string of the molecule is O=C(O)C12C=Cc3c(ccc4c3ccc3cc5ncncc5cc34)C1=CC=CC2. The van der Waals surface area contributed by atoms with E-state index in [1.165, 1.54) is 0 Å². The van der Waals surface area contributed by atoms with Crippen LogP contribution in [0.5, 0.6) is 0 Å². The molecule has 0 amide bonds. The fourth-order valence-electron chi connectivity index (χ4n) is 4.72. The van der Waals surface area contributed by atoms with Crippen LogP contribution in [0.15, 0.2) is 73.2 Å². The van der Waals surface area contributed by atoms with Gasteiger partial charge in [-0.3, -0.25) is 4.79 Å². The highest BCUT2D eigenvalue weighted by Gasteiger charge is 2.43. The van der Waals surface area contributed by atoms with Gasteiger partial charge in [0.15, 0.2) is 0 Å². The van der Waals surface area contributed by atoms with Crippen LogP contribution in [-0.2, 0) is 4.79 Å². The van der Waals surface area contributed by atoms with Crippen LogP contribution in [0.1, 0.15) is 17.5 Å². The highest BCUT2D eigenvalue weighted by atomic mass is 16.4. The van der Waals surface area contributed by atoms with Crippen molar-refractivity contribution in [3.63, 3.8) is 0 Å². The number of hydrogen-bond donors (Lipinski definition) is 1. The first-order chi connectivity index (χ1) is 14.2. The van der Waals surface area contributed by atoms with Gasteiger partial charge in [0.2, 0.25) is 0 Å². The molecule has 0 aliphatic heterocycles. The molecule has 1 atom stereocenters. The summed E-state index contributed by atoms with van der Waals surface area (Å²) >= 11 is 0. The zero-order valence-corrected chi connectivity index (χ0v) is 15.5. The highest BCUT2D eigenvalue weighted by molar-refractivity contribution is 6.15. The lowest BCUT2D eigenvalue weighted by atomic mass is 9.67. The maximum Gasteiger partial charge on any atom is 0.318 e. The zero-order valence-electron chi connectivity index (χ0n) is 15.5. The van der Waals surface area contributed by atoms with Crippen molar-refractivity contribution in [2.24, 2.45) is 5.41 Å². The second kappa shape index (κ2) is 5.61. The van der Waals surface area contributed by atoms with Gasteiger partial charge in [0, 0.05) is 11.6 Å². The van der Waals surface area contributed by atoms with Crippen LogP contribution < -0.4 is 0 Å². The van der Waals surface area contributed by atoms with Crippen molar-refractivity contribution in [2.75, 3.05) is 0 Å². The summed E-state index contributed by atoms with van der Waals surface area (Å²) < 4.78 is 0. The first-order valence-electron chi connectivity index (χ1n) is 9.57. The van der Waals surface area contributed by atoms with Crippen molar-refractivity contribution in [3.8, 4) is 0 Å². The zero-order chi connectivity index (χ0) is 19.6. The van der Waals surface area contributed by atoms with Crippen LogP contribution in [0.25, 0.3) is 44.1 Å². The number of rotatable bonds is 1. The molecule has 4 nitrogen and oxygen atoms in total. The smallest absolute Gasteiger partial charge is 0.318 e. The van der Waals surface area contributed by atoms with Crippen LogP contribution in [0, 0.1) is 5.41 Å². The van der Waals surface area contributed by atoms with Gasteiger partial charge in [0.05, 0.1) is 5.52 Å². The molecule has 1 heterocycles. The summed E-state index contributed by atoms with van der Waals surface area (Å²) in [7, 11) is 0. The fraction of sp³-hybridized carbons (Fsp3) is 0.0800. The van der Waals surface area contributed by atoms with Gasteiger partial charge in [-0.1, -0.05) is 54.6 Å². The normalized spacial score (nSPS) is 19.9. The number of carboxylic acid groups (broad SMARTS) is 1. The van der Waals surface area contributed by atoms with Gasteiger partial charge in [-0.15, -0.1) is 0 Å². The topological polar surface area (TPSA) is 63.1 Å². The van der Waals surface area contributed by atoms with Gasteiger partial charge in [0.25, 0.3) is 0 Å². The summed E-state index contributed by atoms with van der Waals surface area (Å²) in [4.78, 5) is 20.7. The molecule has 0 radical (unpaired) electrons. The van der Waals surface area contributed by atoms with Gasteiger partial charge in [-0.25, -0.2) is 9.97 Å². The maximum absolute atomic E-state index is 12.1. The highest BCUT2D eigenvalue weighted by Crippen LogP contribution is 2.49. The van der Waals surface area contributed by atoms with E-state index in [1.807, 2.05) is 36.6 Å². The standard InChI is InChI=1S/C25H16N2O2/c28-24(29)25-9-2-1-3-22(25)20-7-6-18-17(19(20)8-10-25)5-4-15-12-23-16(11-21(15)18)13-26-14-27-23/h1-8,10-14H,9H2,(H,28,29). The molecule has 2 aliphatic rings. The molecule has 0 fully saturated rings. The van der Waals surface area contributed by atoms with E-state index in [-0.39, 0.29) is 0 Å². The molecule has 0 saturated heterocycles. The summed E-state index contributed by atoms with van der Waals surface area (Å²) in [6.07, 6.45) is 13.5. The second-order valence-corrected chi connectivity index (χ2v) is 7.66. The minimum Gasteiger partial charge on any atom is -0.480 e. The minimum atomic E-state index is -0.972. The summed E-state index contributed by atoms with van der Waals surface area (Å²) in [5.41, 5.74) is 2.89. The monoisotopic (exact) mass is 376 g/mol. The Morgan fingerprint density at radius 1 is 1.03 bits per heavy atom. The van der Waals surface area contributed by atoms with Crippen molar-refractivity contribution < 1.29 is 9.90 Å². The van der Waals surface area contributed by atoms with E-state index in [9.17, 15) is 9.90 Å². The van der Waals surface area contributed by atoms with E-state index in [0.717, 1.165) is 49.1 Å². The third-order valence-corrected chi connectivity index (χ3v) is 6.21. The van der Waals surface area contributed by atoms with Crippen molar-refractivity contribution in [2.45, 2.75) is 6.42 Å². The Hall–Kier alpha value is -3.79. The minimum absolute atomic E-state index is 0.478. The van der Waals surface area contributed by atoms with Crippen LogP contribution >= 0.6 is 0 Å². The summed E-state index contributed by atoms with van der Waals surface area (Å²) in [6.45, 7) is 0. The Morgan fingerprint density at radius 2 is 1.93 bits per heavy atom. The van der Waals surface area contributed by atoms with E-state index in [1.54, 1.807) is 6.33 Å². The van der Waals surface area contributed by atoms with Gasteiger partial charge in [-0.2, -0.15) is 0 Å². The number of aliphatic carboxylic acids is 1. The van der Waals surface area contributed by atoms with E-state index in [2.05, 4.69) is 46.4 Å². The number of hydrogen-bond acceptors (Lipinski definition) is 3. The second-order valence-electron chi connectivity index (χ2n) is 7.66. The Morgan fingerprint density at radius 3 is 2.83 bits per heavy atom. The molecule has 1 N–H and O–H groups in total. The van der Waals surface area contributed by atoms with E-state index in [0.29, 0.717) is 6.42 Å². The van der Waals surface area contributed by atoms with Crippen LogP contribution in [-0.4, -0.2) is 21.0 Å². The van der Waals surface area contributed by atoms with Gasteiger partial charge in [-0.05, 0) is 56.8 Å². The predicted octanol–water partition coefficient (Wildman–Crippen LogP) is 5.38. The lowest BCUT2D eigenvalue weighted by Crippen LogP contribution is -2.32. The Kier molecular flexibility index (Phi) is 3.13. The third-order valence-electron chi connectivity index (χ3n) is 6.21. The molecule has 3 aromatic carbocycles. The molecule has 0 saturated carbocycles. The van der Waals surface area contributed by atoms with Crippen molar-refractivity contribution in [1.82, 2.24) is 9.97 Å². The average molecular weight is 376 g/mol. The summed E-state index contributed by atoms with van der Waals surface area (Å²) in [6, 6.07) is 12.6. The average Bonchev–Trinajstić information content (AvgIpc) is 2.76. The van der Waals surface area contributed by atoms with E-state index >= 15 is 0 Å². The predicted molar refractivity (Wildman–Crippen MR) is 115 cm³/mol. The van der Waals surface area contributed by atoms with Crippen molar-refractivity contribution in [3.05, 3.63) is 84.4 Å². The molecular weight excluding hydrogens is 360 g/mol. The molecule has 1 unspecified atom stereocenters. The summed E-state index contributed by atoms with van der Waals surface area (Å²) in [5, 5.41) is 15.5. The number of fused-ring (bicyclic) bond motifs is 8. The van der Waals surface area contributed by atoms with E-state index < -0.39 is 11.4 Å². The van der Waals surface area contributed by atoms with Gasteiger partial charge in [0.1, 0.15) is 11.7 Å². The number of nitrogens with zero attached hydrogens (tertiary/aromatic N) is 2. The molecule has 2 aliphatic carbocycles. The van der Waals surface area contributed by atoms with Crippen LogP contribution in [0.4, 0.5) is 0 Å². The Bertz CT molecular complexity index is 1460. The fourth-order valence-corrected chi connectivity index (χ4v) is 4.72. The quantitative estimate of drug-likeness (QED) is 0.358. The maximum atomic E-state index is 12.1. The molecule has 0 bridgehead atoms. The van der Waals surface area contributed by atoms with Gasteiger partial charge >= 0.3 is 5.97 Å². The molecule has 138 valence electrons. The van der Waals surface area contributed by atoms with Crippen molar-refractivity contribution >= 4 is 50.1 Å². The molecule has 4 heteroatoms. The largest absolute Gasteiger partial charge is 0.480 e.